The van der Waals surface area contributed by atoms with E-state index in [2.05, 4.69) is 0 Å². The maximum Gasteiger partial charge on any atom is 0.358 e. The summed E-state index contributed by atoms with van der Waals surface area (Å²) in [5.41, 5.74) is -2.18. The summed E-state index contributed by atoms with van der Waals surface area (Å²) < 4.78 is 16.4. The van der Waals surface area contributed by atoms with E-state index in [4.69, 9.17) is 14.2 Å². The second-order valence-corrected chi connectivity index (χ2v) is 6.65. The van der Waals surface area contributed by atoms with Crippen LogP contribution in [0.25, 0.3) is 0 Å². The lowest BCUT2D eigenvalue weighted by atomic mass is 9.74. The highest BCUT2D eigenvalue weighted by Gasteiger charge is 2.61. The van der Waals surface area contributed by atoms with Crippen molar-refractivity contribution in [2.45, 2.75) is 24.5 Å². The molecule has 0 aromatic heterocycles. The number of hydrogen-bond acceptors (Lipinski definition) is 7. The lowest BCUT2D eigenvalue weighted by Gasteiger charge is -2.43. The number of halogens is 1. The number of esters is 1. The summed E-state index contributed by atoms with van der Waals surface area (Å²) in [6.07, 6.45) is -0.852. The van der Waals surface area contributed by atoms with Gasteiger partial charge < -0.3 is 24.4 Å². The Balaban J connectivity index is 2.38. The van der Waals surface area contributed by atoms with E-state index in [0.29, 0.717) is 3.57 Å². The number of fused-ring (bicyclic) bond motifs is 2. The molecule has 8 heteroatoms. The molecule has 2 atom stereocenters. The fraction of sp³-hybridized carbons (Fsp3) is 0.375. The first-order valence-electron chi connectivity index (χ1n) is 7.17. The topological polar surface area (TPSA) is 102 Å². The quantitative estimate of drug-likeness (QED) is 0.525. The van der Waals surface area contributed by atoms with Crippen molar-refractivity contribution in [2.75, 3.05) is 14.2 Å². The molecule has 2 N–H and O–H groups in total. The first-order chi connectivity index (χ1) is 11.4. The van der Waals surface area contributed by atoms with E-state index in [0.717, 1.165) is 7.11 Å². The summed E-state index contributed by atoms with van der Waals surface area (Å²) in [5, 5.41) is 20.6. The first kappa shape index (κ1) is 17.0. The molecule has 1 heterocycles. The molecule has 1 aromatic carbocycles. The summed E-state index contributed by atoms with van der Waals surface area (Å²) in [7, 11) is 2.53. The molecule has 0 saturated heterocycles. The van der Waals surface area contributed by atoms with E-state index in [9.17, 15) is 19.8 Å². The molecule has 128 valence electrons. The number of phenolic OH excluding ortho intramolecular Hbond substituents is 1. The van der Waals surface area contributed by atoms with Gasteiger partial charge >= 0.3 is 5.97 Å². The molecule has 0 unspecified atom stereocenters. The predicted molar refractivity (Wildman–Crippen MR) is 89.8 cm³/mol. The number of aliphatic hydroxyl groups is 1. The average molecular weight is 446 g/mol. The van der Waals surface area contributed by atoms with Crippen molar-refractivity contribution in [2.24, 2.45) is 0 Å². The largest absolute Gasteiger partial charge is 0.507 e. The zero-order chi connectivity index (χ0) is 17.6. The summed E-state index contributed by atoms with van der Waals surface area (Å²) in [4.78, 5) is 25.6. The smallest absolute Gasteiger partial charge is 0.358 e. The molecule has 0 radical (unpaired) electrons. The van der Waals surface area contributed by atoms with Gasteiger partial charge in [-0.25, -0.2) is 4.79 Å². The molecular weight excluding hydrogens is 431 g/mol. The van der Waals surface area contributed by atoms with E-state index in [-0.39, 0.29) is 41.2 Å². The van der Waals surface area contributed by atoms with Crippen LogP contribution in [-0.4, -0.2) is 47.9 Å². The van der Waals surface area contributed by atoms with Gasteiger partial charge in [-0.15, -0.1) is 0 Å². The third kappa shape index (κ3) is 2.12. The van der Waals surface area contributed by atoms with Crippen LogP contribution in [0.1, 0.15) is 23.2 Å². The molecule has 24 heavy (non-hydrogen) atoms. The molecule has 0 bridgehead atoms. The molecular formula is C16H15IO7. The highest BCUT2D eigenvalue weighted by molar-refractivity contribution is 14.1. The minimum atomic E-state index is -2.00. The number of ether oxygens (including phenoxy) is 3. The first-order valence-corrected chi connectivity index (χ1v) is 8.25. The van der Waals surface area contributed by atoms with Crippen LogP contribution in [0.15, 0.2) is 23.5 Å². The zero-order valence-electron chi connectivity index (χ0n) is 13.0. The molecule has 1 aliphatic carbocycles. The number of hydrogen-bond donors (Lipinski definition) is 2. The van der Waals surface area contributed by atoms with Crippen LogP contribution < -0.4 is 4.74 Å². The second kappa shape index (κ2) is 5.92. The van der Waals surface area contributed by atoms with Crippen molar-refractivity contribution in [3.05, 3.63) is 32.6 Å². The van der Waals surface area contributed by atoms with Gasteiger partial charge in [0.1, 0.15) is 28.9 Å². The van der Waals surface area contributed by atoms with Crippen molar-refractivity contribution < 1.29 is 34.0 Å². The van der Waals surface area contributed by atoms with Crippen molar-refractivity contribution in [1.29, 1.82) is 0 Å². The second-order valence-electron chi connectivity index (χ2n) is 5.49. The summed E-state index contributed by atoms with van der Waals surface area (Å²) in [6, 6.07) is 2.92. The van der Waals surface area contributed by atoms with Gasteiger partial charge in [-0.05, 0) is 41.1 Å². The number of rotatable bonds is 2. The Bertz CT molecular complexity index is 770. The van der Waals surface area contributed by atoms with Crippen LogP contribution in [0.3, 0.4) is 0 Å². The van der Waals surface area contributed by atoms with E-state index >= 15 is 0 Å². The number of benzene rings is 1. The number of aliphatic hydroxyl groups excluding tert-OH is 1. The third-order valence-electron chi connectivity index (χ3n) is 4.30. The van der Waals surface area contributed by atoms with Crippen LogP contribution in [0.2, 0.25) is 0 Å². The summed E-state index contributed by atoms with van der Waals surface area (Å²) >= 11 is 1.93. The van der Waals surface area contributed by atoms with Crippen LogP contribution in [0.5, 0.6) is 11.5 Å². The van der Waals surface area contributed by atoms with Crippen LogP contribution in [0.4, 0.5) is 0 Å². The highest BCUT2D eigenvalue weighted by atomic mass is 127. The number of carbonyl (C=O) groups excluding carboxylic acids is 2. The summed E-state index contributed by atoms with van der Waals surface area (Å²) in [6.45, 7) is 0. The number of phenols is 1. The number of aromatic hydroxyl groups is 1. The van der Waals surface area contributed by atoms with Crippen molar-refractivity contribution >= 4 is 34.3 Å². The average Bonchev–Trinajstić information content (AvgIpc) is 2.58. The van der Waals surface area contributed by atoms with E-state index in [1.54, 1.807) is 6.07 Å². The molecule has 1 aromatic rings. The van der Waals surface area contributed by atoms with Gasteiger partial charge in [0.2, 0.25) is 5.78 Å². The molecule has 2 aliphatic rings. The van der Waals surface area contributed by atoms with Crippen LogP contribution in [0, 0.1) is 3.57 Å². The Kier molecular flexibility index (Phi) is 4.20. The lowest BCUT2D eigenvalue weighted by molar-refractivity contribution is -0.167. The standard InChI is InChI=1S/C16H15IO7/c1-22-9-5-6-10(19)16(15(21)23-2)12(9)13(20)11-8(18)4-3-7(17)14(11)24-16/h3-4,10,18-19H,5-6H2,1-2H3/t10-,16+/m1/s1. The van der Waals surface area contributed by atoms with Crippen LogP contribution >= 0.6 is 22.6 Å². The van der Waals surface area contributed by atoms with Gasteiger partial charge in [0.25, 0.3) is 5.60 Å². The van der Waals surface area contributed by atoms with Gasteiger partial charge in [0.15, 0.2) is 0 Å². The minimum Gasteiger partial charge on any atom is -0.507 e. The van der Waals surface area contributed by atoms with E-state index in [1.165, 1.54) is 13.2 Å². The zero-order valence-corrected chi connectivity index (χ0v) is 15.1. The molecule has 7 nitrogen and oxygen atoms in total. The Hall–Kier alpha value is -1.81. The number of ketones is 1. The fourth-order valence-electron chi connectivity index (χ4n) is 3.17. The molecule has 3 rings (SSSR count). The molecule has 0 saturated carbocycles. The van der Waals surface area contributed by atoms with Crippen molar-refractivity contribution in [1.82, 2.24) is 0 Å². The Morgan fingerprint density at radius 3 is 2.75 bits per heavy atom. The molecule has 0 fully saturated rings. The van der Waals surface area contributed by atoms with E-state index < -0.39 is 23.5 Å². The number of methoxy groups -OCH3 is 2. The van der Waals surface area contributed by atoms with E-state index in [1.807, 2.05) is 22.6 Å². The van der Waals surface area contributed by atoms with Crippen LogP contribution in [-0.2, 0) is 14.3 Å². The highest BCUT2D eigenvalue weighted by Crippen LogP contribution is 2.49. The Labute approximate surface area is 151 Å². The minimum absolute atomic E-state index is 0.0474. The molecule has 0 amide bonds. The number of allylic oxidation sites excluding steroid dienone is 1. The van der Waals surface area contributed by atoms with Gasteiger partial charge in [-0.2, -0.15) is 0 Å². The van der Waals surface area contributed by atoms with Gasteiger partial charge in [0.05, 0.1) is 23.4 Å². The molecule has 1 aliphatic heterocycles. The van der Waals surface area contributed by atoms with Gasteiger partial charge in [-0.1, -0.05) is 0 Å². The lowest BCUT2D eigenvalue weighted by Crippen LogP contribution is -2.61. The third-order valence-corrected chi connectivity index (χ3v) is 5.15. The maximum absolute atomic E-state index is 13.1. The SMILES string of the molecule is COC(=O)[C@@]12Oc3c(I)ccc(O)c3C(=O)C1=C(OC)CC[C@H]2O. The Morgan fingerprint density at radius 1 is 1.42 bits per heavy atom. The Morgan fingerprint density at radius 2 is 2.12 bits per heavy atom. The monoisotopic (exact) mass is 446 g/mol. The maximum atomic E-state index is 13.1. The normalized spacial score (nSPS) is 25.5. The van der Waals surface area contributed by atoms with Gasteiger partial charge in [0, 0.05) is 6.42 Å². The fourth-order valence-corrected chi connectivity index (χ4v) is 3.73. The van der Waals surface area contributed by atoms with Crippen molar-refractivity contribution in [3.8, 4) is 11.5 Å². The number of Topliss-reactive ketones (excluding diaryl/α,β-unsaturated/α-hetero) is 1. The summed E-state index contributed by atoms with van der Waals surface area (Å²) in [5.74, 6) is -1.49. The number of carbonyl (C=O) groups is 2. The van der Waals surface area contributed by atoms with Gasteiger partial charge in [-0.3, -0.25) is 4.79 Å². The molecule has 0 spiro atoms. The van der Waals surface area contributed by atoms with Crippen molar-refractivity contribution in [3.63, 3.8) is 0 Å². The predicted octanol–water partition coefficient (Wildman–Crippen LogP) is 1.54.